The maximum absolute atomic E-state index is 2.61. The Balaban J connectivity index is 1.00. The monoisotopic (exact) mass is 942 g/mol. The normalized spacial score (nSPS) is 17.8. The molecule has 0 aliphatic heterocycles. The highest BCUT2D eigenvalue weighted by Crippen LogP contribution is 2.68. The van der Waals surface area contributed by atoms with Gasteiger partial charge in [-0.2, -0.15) is 0 Å². The predicted molar refractivity (Wildman–Crippen MR) is 307 cm³/mol. The van der Waals surface area contributed by atoms with Crippen LogP contribution in [0.5, 0.6) is 0 Å². The van der Waals surface area contributed by atoms with Gasteiger partial charge in [0.05, 0.1) is 16.5 Å². The van der Waals surface area contributed by atoms with E-state index in [-0.39, 0.29) is 11.8 Å². The lowest BCUT2D eigenvalue weighted by Crippen LogP contribution is -2.33. The van der Waals surface area contributed by atoms with Crippen molar-refractivity contribution in [2.24, 2.45) is 5.92 Å². The zero-order valence-electron chi connectivity index (χ0n) is 40.8. The fourth-order valence-electron chi connectivity index (χ4n) is 14.0. The Hall–Kier alpha value is -9.24. The molecule has 1 spiro atoms. The van der Waals surface area contributed by atoms with E-state index in [0.717, 1.165) is 28.4 Å². The molecule has 0 saturated carbocycles. The number of hydrogen-bond acceptors (Lipinski definition) is 2. The van der Waals surface area contributed by atoms with Gasteiger partial charge in [-0.3, -0.25) is 0 Å². The van der Waals surface area contributed by atoms with Crippen molar-refractivity contribution in [3.8, 4) is 22.3 Å². The van der Waals surface area contributed by atoms with Gasteiger partial charge in [-0.1, -0.05) is 224 Å². The van der Waals surface area contributed by atoms with E-state index < -0.39 is 10.8 Å². The first-order valence-electron chi connectivity index (χ1n) is 26.0. The number of allylic oxidation sites excluding steroid dienone is 4. The van der Waals surface area contributed by atoms with Crippen LogP contribution >= 0.6 is 0 Å². The molecule has 3 unspecified atom stereocenters. The average Bonchev–Trinajstić information content (AvgIpc) is 4.10. The second-order valence-corrected chi connectivity index (χ2v) is 20.2. The molecular weight excluding hydrogens is 893 g/mol. The maximum atomic E-state index is 2.61. The van der Waals surface area contributed by atoms with Gasteiger partial charge in [-0.25, -0.2) is 0 Å². The molecule has 0 amide bonds. The third kappa shape index (κ3) is 5.94. The number of hydrogen-bond donors (Lipinski definition) is 0. The van der Waals surface area contributed by atoms with Crippen molar-refractivity contribution in [1.82, 2.24) is 0 Å². The van der Waals surface area contributed by atoms with Crippen LogP contribution in [0.2, 0.25) is 0 Å². The summed E-state index contributed by atoms with van der Waals surface area (Å²) in [6.45, 7) is 0. The zero-order chi connectivity index (χ0) is 48.8. The number of anilines is 6. The number of benzene rings is 11. The predicted octanol–water partition coefficient (Wildman–Crippen LogP) is 18.3. The zero-order valence-corrected chi connectivity index (χ0v) is 40.8. The Morgan fingerprint density at radius 3 is 1.42 bits per heavy atom. The standard InChI is InChI=1S/C72H50N2/c1-6-24-49(25-7-1)71(50-26-8-2-9-27-50)63-39-21-18-34-56(63)58-44-42-55(47-67(58)71)74(53-32-14-5-15-33-53)69-48-68-70(60-37-17-16-36-59(60)69)61-38-20-23-41-65(61)72(68)64-40-22-19-35-57(64)62-46-54(43-45-66(62)72)73(51-28-10-3-11-29-51)52-30-12-4-13-31-52/h1-48,61,65H. The molecule has 0 N–H and O–H groups in total. The molecule has 348 valence electrons. The van der Waals surface area contributed by atoms with E-state index >= 15 is 0 Å². The Labute approximate surface area is 433 Å². The van der Waals surface area contributed by atoms with Gasteiger partial charge in [0.15, 0.2) is 0 Å². The molecule has 11 aromatic carbocycles. The largest absolute Gasteiger partial charge is 0.310 e. The van der Waals surface area contributed by atoms with Gasteiger partial charge in [-0.15, -0.1) is 0 Å². The van der Waals surface area contributed by atoms with Gasteiger partial charge < -0.3 is 9.80 Å². The minimum absolute atomic E-state index is 0.148. The molecule has 2 nitrogen and oxygen atoms in total. The fraction of sp³-hybridized carbons (Fsp3) is 0.0556. The van der Waals surface area contributed by atoms with Crippen LogP contribution in [0.4, 0.5) is 34.1 Å². The van der Waals surface area contributed by atoms with Gasteiger partial charge in [-0.05, 0) is 139 Å². The number of para-hydroxylation sites is 3. The molecule has 3 atom stereocenters. The van der Waals surface area contributed by atoms with E-state index in [1.54, 1.807) is 0 Å². The molecule has 15 rings (SSSR count). The number of nitrogens with zero attached hydrogens (tertiary/aromatic N) is 2. The van der Waals surface area contributed by atoms with Crippen molar-refractivity contribution in [3.63, 3.8) is 0 Å². The highest BCUT2D eigenvalue weighted by atomic mass is 15.1. The van der Waals surface area contributed by atoms with E-state index in [0.29, 0.717) is 0 Å². The molecule has 0 heterocycles. The summed E-state index contributed by atoms with van der Waals surface area (Å²) in [5.74, 6) is 0.314. The summed E-state index contributed by atoms with van der Waals surface area (Å²) >= 11 is 0. The lowest BCUT2D eigenvalue weighted by molar-refractivity contribution is 0.466. The first kappa shape index (κ1) is 42.4. The summed E-state index contributed by atoms with van der Waals surface area (Å²) in [6, 6.07) is 99.6. The van der Waals surface area contributed by atoms with E-state index in [4.69, 9.17) is 0 Å². The Bertz CT molecular complexity index is 3950. The molecule has 4 aliphatic rings. The van der Waals surface area contributed by atoms with Gasteiger partial charge >= 0.3 is 0 Å². The molecule has 0 saturated heterocycles. The summed E-state index contributed by atoms with van der Waals surface area (Å²) in [5.41, 5.74) is 21.5. The first-order valence-corrected chi connectivity index (χ1v) is 26.0. The Morgan fingerprint density at radius 1 is 0.297 bits per heavy atom. The maximum Gasteiger partial charge on any atom is 0.0714 e. The van der Waals surface area contributed by atoms with E-state index in [2.05, 4.69) is 301 Å². The number of rotatable bonds is 8. The lowest BCUT2D eigenvalue weighted by Gasteiger charge is -2.37. The van der Waals surface area contributed by atoms with E-state index in [9.17, 15) is 0 Å². The van der Waals surface area contributed by atoms with Crippen molar-refractivity contribution in [1.29, 1.82) is 0 Å². The number of fused-ring (bicyclic) bond motifs is 15. The van der Waals surface area contributed by atoms with Crippen LogP contribution in [0, 0.1) is 5.92 Å². The molecule has 4 aliphatic carbocycles. The van der Waals surface area contributed by atoms with E-state index in [1.165, 1.54) is 83.2 Å². The summed E-state index contributed by atoms with van der Waals surface area (Å²) in [4.78, 5) is 4.95. The summed E-state index contributed by atoms with van der Waals surface area (Å²) in [6.07, 6.45) is 9.56. The third-order valence-electron chi connectivity index (χ3n) is 16.8. The molecule has 0 aromatic heterocycles. The van der Waals surface area contributed by atoms with Gasteiger partial charge in [0.2, 0.25) is 0 Å². The van der Waals surface area contributed by atoms with Crippen LogP contribution in [0.15, 0.2) is 291 Å². The topological polar surface area (TPSA) is 6.48 Å². The van der Waals surface area contributed by atoms with Crippen LogP contribution in [0.3, 0.4) is 0 Å². The molecule has 2 heteroatoms. The Morgan fingerprint density at radius 2 is 0.770 bits per heavy atom. The fourth-order valence-corrected chi connectivity index (χ4v) is 14.0. The Kier molecular flexibility index (Phi) is 9.56. The molecule has 0 bridgehead atoms. The highest BCUT2D eigenvalue weighted by Gasteiger charge is 2.58. The van der Waals surface area contributed by atoms with Crippen LogP contribution in [0.1, 0.15) is 50.4 Å². The minimum atomic E-state index is -0.544. The van der Waals surface area contributed by atoms with Crippen molar-refractivity contribution < 1.29 is 0 Å². The SMILES string of the molecule is C1=CC2c3c(cc(N(c4ccccc4)c4ccc5c(c4)C(c4ccccc4)(c4ccccc4)c4ccccc4-5)c4ccccc34)C3(c4ccccc4-c4cc(N(c5ccccc5)c5ccccc5)ccc43)C2C=C1. The summed E-state index contributed by atoms with van der Waals surface area (Å²) in [5, 5.41) is 2.53. The van der Waals surface area contributed by atoms with Crippen LogP contribution in [-0.2, 0) is 10.8 Å². The molecule has 0 fully saturated rings. The molecular formula is C72H50N2. The second-order valence-electron chi connectivity index (χ2n) is 20.2. The van der Waals surface area contributed by atoms with Crippen LogP contribution in [0.25, 0.3) is 33.0 Å². The quantitative estimate of drug-likeness (QED) is 0.150. The highest BCUT2D eigenvalue weighted by molar-refractivity contribution is 6.04. The van der Waals surface area contributed by atoms with Gasteiger partial charge in [0.1, 0.15) is 0 Å². The third-order valence-corrected chi connectivity index (χ3v) is 16.8. The van der Waals surface area contributed by atoms with Gasteiger partial charge in [0.25, 0.3) is 0 Å². The van der Waals surface area contributed by atoms with Crippen molar-refractivity contribution in [2.45, 2.75) is 16.7 Å². The molecule has 0 radical (unpaired) electrons. The van der Waals surface area contributed by atoms with Crippen LogP contribution in [-0.4, -0.2) is 0 Å². The minimum Gasteiger partial charge on any atom is -0.310 e. The van der Waals surface area contributed by atoms with E-state index in [1.807, 2.05) is 0 Å². The lowest BCUT2D eigenvalue weighted by atomic mass is 9.65. The first-order chi connectivity index (χ1) is 36.7. The summed E-state index contributed by atoms with van der Waals surface area (Å²) < 4.78 is 0. The molecule has 74 heavy (non-hydrogen) atoms. The van der Waals surface area contributed by atoms with Crippen molar-refractivity contribution >= 4 is 44.9 Å². The second kappa shape index (κ2) is 16.7. The smallest absolute Gasteiger partial charge is 0.0714 e. The summed E-state index contributed by atoms with van der Waals surface area (Å²) in [7, 11) is 0. The van der Waals surface area contributed by atoms with Gasteiger partial charge in [0, 0.05) is 45.7 Å². The average molecular weight is 943 g/mol. The van der Waals surface area contributed by atoms with Crippen molar-refractivity contribution in [3.05, 3.63) is 336 Å². The van der Waals surface area contributed by atoms with Crippen molar-refractivity contribution in [2.75, 3.05) is 9.80 Å². The molecule has 11 aromatic rings. The van der Waals surface area contributed by atoms with Crippen LogP contribution < -0.4 is 9.80 Å².